The van der Waals surface area contributed by atoms with Crippen molar-refractivity contribution in [1.82, 2.24) is 24.9 Å². The van der Waals surface area contributed by atoms with E-state index in [9.17, 15) is 9.59 Å². The highest BCUT2D eigenvalue weighted by molar-refractivity contribution is 5.83. The van der Waals surface area contributed by atoms with Crippen molar-refractivity contribution in [2.75, 3.05) is 13.2 Å². The van der Waals surface area contributed by atoms with Crippen LogP contribution in [0.1, 0.15) is 24.2 Å². The summed E-state index contributed by atoms with van der Waals surface area (Å²) < 4.78 is 8.42. The number of nitrogens with zero attached hydrogens (tertiary/aromatic N) is 4. The van der Waals surface area contributed by atoms with Crippen molar-refractivity contribution >= 4 is 16.8 Å². The summed E-state index contributed by atoms with van der Waals surface area (Å²) in [5, 5.41) is 12.4. The number of nitrogens with one attached hydrogen (secondary N) is 1. The second-order valence-electron chi connectivity index (χ2n) is 7.04. The summed E-state index contributed by atoms with van der Waals surface area (Å²) in [6.07, 6.45) is 2.02. The second kappa shape index (κ2) is 7.55. The smallest absolute Gasteiger partial charge is 0.295 e. The zero-order chi connectivity index (χ0) is 19.7. The third-order valence-electron chi connectivity index (χ3n) is 5.03. The van der Waals surface area contributed by atoms with Crippen LogP contribution in [0.2, 0.25) is 0 Å². The summed E-state index contributed by atoms with van der Waals surface area (Å²) >= 11 is 0. The van der Waals surface area contributed by atoms with E-state index in [1.54, 1.807) is 4.68 Å². The maximum absolute atomic E-state index is 12.9. The molecule has 8 nitrogen and oxygen atoms in total. The van der Waals surface area contributed by atoms with Gasteiger partial charge in [-0.25, -0.2) is 9.36 Å². The molecule has 28 heavy (non-hydrogen) atoms. The van der Waals surface area contributed by atoms with Crippen LogP contribution in [0.5, 0.6) is 0 Å². The number of hydrogen-bond donors (Lipinski definition) is 1. The van der Waals surface area contributed by atoms with E-state index in [2.05, 4.69) is 15.5 Å². The van der Waals surface area contributed by atoms with Gasteiger partial charge in [-0.15, -0.1) is 0 Å². The molecule has 1 unspecified atom stereocenters. The van der Waals surface area contributed by atoms with Crippen molar-refractivity contribution in [1.29, 1.82) is 0 Å². The predicted octanol–water partition coefficient (Wildman–Crippen LogP) is 1.49. The van der Waals surface area contributed by atoms with Crippen molar-refractivity contribution in [3.05, 3.63) is 52.1 Å². The molecular formula is C20H23N5O3. The fourth-order valence-electron chi connectivity index (χ4n) is 3.64. The van der Waals surface area contributed by atoms with Crippen molar-refractivity contribution in [2.45, 2.75) is 39.3 Å². The molecule has 0 radical (unpaired) electrons. The highest BCUT2D eigenvalue weighted by Crippen LogP contribution is 2.20. The van der Waals surface area contributed by atoms with Crippen molar-refractivity contribution in [3.8, 4) is 5.69 Å². The number of fused-ring (bicyclic) bond motifs is 1. The molecule has 4 rings (SSSR count). The first kappa shape index (κ1) is 18.4. The summed E-state index contributed by atoms with van der Waals surface area (Å²) in [5.41, 5.74) is 2.33. The Bertz CT molecular complexity index is 1060. The van der Waals surface area contributed by atoms with E-state index in [4.69, 9.17) is 4.74 Å². The van der Waals surface area contributed by atoms with Crippen LogP contribution < -0.4 is 10.9 Å². The summed E-state index contributed by atoms with van der Waals surface area (Å²) in [4.78, 5) is 25.2. The van der Waals surface area contributed by atoms with E-state index in [0.717, 1.165) is 36.2 Å². The van der Waals surface area contributed by atoms with Crippen LogP contribution in [0.4, 0.5) is 0 Å². The minimum Gasteiger partial charge on any atom is -0.376 e. The van der Waals surface area contributed by atoms with Gasteiger partial charge in [-0.1, -0.05) is 18.2 Å². The van der Waals surface area contributed by atoms with Gasteiger partial charge in [0.05, 0.1) is 28.6 Å². The van der Waals surface area contributed by atoms with Gasteiger partial charge >= 0.3 is 0 Å². The zero-order valence-corrected chi connectivity index (χ0v) is 16.0. The summed E-state index contributed by atoms with van der Waals surface area (Å²) in [7, 11) is 0. The number of carbonyl (C=O) groups excluding carboxylic acids is 1. The van der Waals surface area contributed by atoms with E-state index in [0.29, 0.717) is 17.8 Å². The Hall–Kier alpha value is -3.00. The number of aromatic nitrogens is 4. The molecule has 0 aliphatic carbocycles. The molecule has 2 aromatic heterocycles. The zero-order valence-electron chi connectivity index (χ0n) is 16.0. The van der Waals surface area contributed by atoms with Gasteiger partial charge in [0, 0.05) is 13.2 Å². The molecule has 8 heteroatoms. The van der Waals surface area contributed by atoms with Gasteiger partial charge in [0.1, 0.15) is 6.54 Å². The van der Waals surface area contributed by atoms with Crippen LogP contribution in [-0.2, 0) is 16.1 Å². The fraction of sp³-hybridized carbons (Fsp3) is 0.400. The van der Waals surface area contributed by atoms with Crippen LogP contribution in [0.15, 0.2) is 35.1 Å². The summed E-state index contributed by atoms with van der Waals surface area (Å²) in [6, 6.07) is 9.63. The highest BCUT2D eigenvalue weighted by Gasteiger charge is 2.20. The van der Waals surface area contributed by atoms with E-state index in [1.807, 2.05) is 44.2 Å². The Morgan fingerprint density at radius 2 is 2.04 bits per heavy atom. The number of para-hydroxylation sites is 1. The Morgan fingerprint density at radius 3 is 2.75 bits per heavy atom. The van der Waals surface area contributed by atoms with E-state index >= 15 is 0 Å². The molecule has 0 saturated carbocycles. The largest absolute Gasteiger partial charge is 0.376 e. The van der Waals surface area contributed by atoms with Gasteiger partial charge in [0.25, 0.3) is 5.56 Å². The molecule has 3 heterocycles. The fourth-order valence-corrected chi connectivity index (χ4v) is 3.64. The molecule has 0 spiro atoms. The topological polar surface area (TPSA) is 91.0 Å². The first-order valence-corrected chi connectivity index (χ1v) is 9.45. The maximum atomic E-state index is 12.9. The number of rotatable bonds is 5. The van der Waals surface area contributed by atoms with Gasteiger partial charge in [0.2, 0.25) is 5.91 Å². The predicted molar refractivity (Wildman–Crippen MR) is 105 cm³/mol. The standard InChI is InChI=1S/C20H23N5O3/c1-13-18-14(2)25(15-7-4-3-5-8-15)23-19(18)20(27)24(22-13)12-17(26)21-11-16-9-6-10-28-16/h3-5,7-8,16H,6,9-12H2,1-2H3,(H,21,26). The van der Waals surface area contributed by atoms with Crippen molar-refractivity contribution in [3.63, 3.8) is 0 Å². The molecule has 1 amide bonds. The Labute approximate surface area is 162 Å². The van der Waals surface area contributed by atoms with Crippen LogP contribution >= 0.6 is 0 Å². The van der Waals surface area contributed by atoms with Crippen LogP contribution in [0.25, 0.3) is 16.6 Å². The minimum atomic E-state index is -0.370. The molecule has 0 bridgehead atoms. The third kappa shape index (κ3) is 3.43. The quantitative estimate of drug-likeness (QED) is 0.723. The van der Waals surface area contributed by atoms with Gasteiger partial charge in [-0.2, -0.15) is 10.2 Å². The lowest BCUT2D eigenvalue weighted by Crippen LogP contribution is -2.37. The molecule has 1 atom stereocenters. The molecule has 146 valence electrons. The molecule has 1 N–H and O–H groups in total. The van der Waals surface area contributed by atoms with Crippen LogP contribution in [0, 0.1) is 13.8 Å². The summed E-state index contributed by atoms with van der Waals surface area (Å²) in [5.74, 6) is -0.261. The molecule has 1 fully saturated rings. The Kier molecular flexibility index (Phi) is 4.95. The van der Waals surface area contributed by atoms with Gasteiger partial charge in [-0.05, 0) is 38.8 Å². The third-order valence-corrected chi connectivity index (χ3v) is 5.03. The number of ether oxygens (including phenoxy) is 1. The van der Waals surface area contributed by atoms with E-state index in [-0.39, 0.29) is 24.1 Å². The van der Waals surface area contributed by atoms with Gasteiger partial charge in [0.15, 0.2) is 5.52 Å². The van der Waals surface area contributed by atoms with E-state index < -0.39 is 0 Å². The Balaban J connectivity index is 1.62. The number of benzene rings is 1. The van der Waals surface area contributed by atoms with Crippen molar-refractivity contribution in [2.24, 2.45) is 0 Å². The lowest BCUT2D eigenvalue weighted by Gasteiger charge is -2.11. The number of carbonyl (C=O) groups is 1. The molecule has 1 aromatic carbocycles. The Morgan fingerprint density at radius 1 is 1.25 bits per heavy atom. The van der Waals surface area contributed by atoms with Crippen molar-refractivity contribution < 1.29 is 9.53 Å². The number of hydrogen-bond acceptors (Lipinski definition) is 5. The lowest BCUT2D eigenvalue weighted by molar-refractivity contribution is -0.122. The maximum Gasteiger partial charge on any atom is 0.295 e. The lowest BCUT2D eigenvalue weighted by atomic mass is 10.2. The molecule has 3 aromatic rings. The van der Waals surface area contributed by atoms with Gasteiger partial charge < -0.3 is 10.1 Å². The number of aryl methyl sites for hydroxylation is 2. The van der Waals surface area contributed by atoms with Crippen LogP contribution in [0.3, 0.4) is 0 Å². The highest BCUT2D eigenvalue weighted by atomic mass is 16.5. The first-order chi connectivity index (χ1) is 13.5. The normalized spacial score (nSPS) is 16.6. The number of amides is 1. The SMILES string of the molecule is Cc1nn(CC(=O)NCC2CCCO2)c(=O)c2nn(-c3ccccc3)c(C)c12. The molecular weight excluding hydrogens is 358 g/mol. The van der Waals surface area contributed by atoms with E-state index in [1.165, 1.54) is 4.68 Å². The monoisotopic (exact) mass is 381 g/mol. The molecule has 1 aliphatic heterocycles. The molecule has 1 saturated heterocycles. The van der Waals surface area contributed by atoms with Crippen LogP contribution in [-0.4, -0.2) is 44.7 Å². The second-order valence-corrected chi connectivity index (χ2v) is 7.04. The minimum absolute atomic E-state index is 0.0575. The average Bonchev–Trinajstić information content (AvgIpc) is 3.33. The molecule has 1 aliphatic rings. The first-order valence-electron chi connectivity index (χ1n) is 9.45. The summed E-state index contributed by atoms with van der Waals surface area (Å²) in [6.45, 7) is 4.79. The average molecular weight is 381 g/mol. The van der Waals surface area contributed by atoms with Gasteiger partial charge in [-0.3, -0.25) is 9.59 Å².